The molecule has 0 aliphatic heterocycles. The van der Waals surface area contributed by atoms with Crippen molar-refractivity contribution in [3.05, 3.63) is 200 Å². The van der Waals surface area contributed by atoms with E-state index in [1.165, 1.54) is 44.5 Å². The van der Waals surface area contributed by atoms with Gasteiger partial charge in [-0.05, 0) is 87.0 Å². The van der Waals surface area contributed by atoms with E-state index in [0.717, 1.165) is 39.0 Å². The molecule has 9 rings (SSSR count). The predicted octanol–water partition coefficient (Wildman–Crippen LogP) is 13.7. The molecule has 0 unspecified atom stereocenters. The van der Waals surface area contributed by atoms with E-state index in [1.807, 2.05) is 12.1 Å². The van der Waals surface area contributed by atoms with Gasteiger partial charge in [-0.1, -0.05) is 152 Å². The molecule has 236 valence electrons. The van der Waals surface area contributed by atoms with Gasteiger partial charge in [0.15, 0.2) is 0 Å². The smallest absolute Gasteiger partial charge is 0.137 e. The maximum Gasteiger partial charge on any atom is 0.137 e. The Morgan fingerprint density at radius 2 is 0.600 bits per heavy atom. The molecule has 0 atom stereocenters. The average molecular weight is 640 g/mol. The number of anilines is 3. The van der Waals surface area contributed by atoms with Gasteiger partial charge < -0.3 is 9.32 Å². The minimum absolute atomic E-state index is 0.874. The molecule has 0 aliphatic rings. The minimum atomic E-state index is 0.874. The van der Waals surface area contributed by atoms with E-state index in [1.54, 1.807) is 0 Å². The van der Waals surface area contributed by atoms with Crippen LogP contribution in [-0.2, 0) is 0 Å². The average Bonchev–Trinajstić information content (AvgIpc) is 3.57. The molecule has 0 N–H and O–H groups in total. The van der Waals surface area contributed by atoms with Gasteiger partial charge in [0.2, 0.25) is 0 Å². The molecule has 2 nitrogen and oxygen atoms in total. The van der Waals surface area contributed by atoms with Crippen molar-refractivity contribution < 1.29 is 4.42 Å². The fraction of sp³-hybridized carbons (Fsp3) is 0. The van der Waals surface area contributed by atoms with E-state index in [9.17, 15) is 0 Å². The summed E-state index contributed by atoms with van der Waals surface area (Å²) in [5.41, 5.74) is 14.6. The number of nitrogens with zero attached hydrogens (tertiary/aromatic N) is 1. The molecular formula is C48H33NO. The Hall–Kier alpha value is -6.64. The van der Waals surface area contributed by atoms with Gasteiger partial charge in [-0.25, -0.2) is 0 Å². The molecular weight excluding hydrogens is 607 g/mol. The van der Waals surface area contributed by atoms with Crippen LogP contribution in [0.4, 0.5) is 17.1 Å². The van der Waals surface area contributed by atoms with Crippen molar-refractivity contribution in [3.63, 3.8) is 0 Å². The highest BCUT2D eigenvalue weighted by atomic mass is 16.3. The minimum Gasteiger partial charge on any atom is -0.456 e. The summed E-state index contributed by atoms with van der Waals surface area (Å²) in [6.45, 7) is 0. The van der Waals surface area contributed by atoms with Crippen LogP contribution in [0.1, 0.15) is 0 Å². The van der Waals surface area contributed by atoms with Crippen LogP contribution < -0.4 is 4.90 Å². The maximum atomic E-state index is 6.33. The Balaban J connectivity index is 1.06. The zero-order valence-corrected chi connectivity index (χ0v) is 27.4. The van der Waals surface area contributed by atoms with Gasteiger partial charge in [-0.2, -0.15) is 0 Å². The third kappa shape index (κ3) is 5.63. The quantitative estimate of drug-likeness (QED) is 0.173. The highest BCUT2D eigenvalue weighted by molar-refractivity contribution is 6.06. The van der Waals surface area contributed by atoms with Gasteiger partial charge in [-0.15, -0.1) is 0 Å². The summed E-state index contributed by atoms with van der Waals surface area (Å²) in [5.74, 6) is 0. The van der Waals surface area contributed by atoms with Crippen LogP contribution in [-0.4, -0.2) is 0 Å². The Labute approximate surface area is 292 Å². The molecule has 0 saturated heterocycles. The third-order valence-corrected chi connectivity index (χ3v) is 9.52. The summed E-state index contributed by atoms with van der Waals surface area (Å²) in [4.78, 5) is 2.30. The van der Waals surface area contributed by atoms with Crippen molar-refractivity contribution in [2.24, 2.45) is 0 Å². The lowest BCUT2D eigenvalue weighted by Crippen LogP contribution is -2.09. The zero-order chi connectivity index (χ0) is 33.3. The van der Waals surface area contributed by atoms with Crippen LogP contribution in [0.15, 0.2) is 205 Å². The molecule has 0 bridgehead atoms. The Morgan fingerprint density at radius 3 is 1.06 bits per heavy atom. The van der Waals surface area contributed by atoms with E-state index in [2.05, 4.69) is 193 Å². The Morgan fingerprint density at radius 1 is 0.260 bits per heavy atom. The molecule has 1 heterocycles. The lowest BCUT2D eigenvalue weighted by molar-refractivity contribution is 0.669. The molecule has 50 heavy (non-hydrogen) atoms. The molecule has 0 amide bonds. The molecule has 1 aromatic heterocycles. The first kappa shape index (κ1) is 29.5. The van der Waals surface area contributed by atoms with Gasteiger partial charge in [0.05, 0.1) is 0 Å². The SMILES string of the molecule is c1ccc(-c2ccc(-c3ccc(N(c4ccc(-c5ccc(-c6ccccc6)cc5)cc4)c4ccc5c(c4)oc4ccccc45)cc3)cc2)cc1. The lowest BCUT2D eigenvalue weighted by Gasteiger charge is -2.26. The van der Waals surface area contributed by atoms with Crippen LogP contribution in [0.2, 0.25) is 0 Å². The van der Waals surface area contributed by atoms with Gasteiger partial charge in [0.1, 0.15) is 11.2 Å². The van der Waals surface area contributed by atoms with Gasteiger partial charge in [0, 0.05) is 33.9 Å². The van der Waals surface area contributed by atoms with Crippen molar-refractivity contribution in [1.29, 1.82) is 0 Å². The van der Waals surface area contributed by atoms with E-state index >= 15 is 0 Å². The third-order valence-electron chi connectivity index (χ3n) is 9.52. The molecule has 2 heteroatoms. The second-order valence-corrected chi connectivity index (χ2v) is 12.6. The van der Waals surface area contributed by atoms with Crippen LogP contribution in [0.3, 0.4) is 0 Å². The zero-order valence-electron chi connectivity index (χ0n) is 27.4. The predicted molar refractivity (Wildman–Crippen MR) is 210 cm³/mol. The fourth-order valence-corrected chi connectivity index (χ4v) is 6.88. The van der Waals surface area contributed by atoms with Crippen LogP contribution in [0.25, 0.3) is 66.4 Å². The number of hydrogen-bond donors (Lipinski definition) is 0. The van der Waals surface area contributed by atoms with E-state index in [4.69, 9.17) is 4.42 Å². The topological polar surface area (TPSA) is 16.4 Å². The van der Waals surface area contributed by atoms with Crippen molar-refractivity contribution in [3.8, 4) is 44.5 Å². The van der Waals surface area contributed by atoms with Gasteiger partial charge in [0.25, 0.3) is 0 Å². The number of para-hydroxylation sites is 1. The highest BCUT2D eigenvalue weighted by Crippen LogP contribution is 2.40. The highest BCUT2D eigenvalue weighted by Gasteiger charge is 2.16. The second-order valence-electron chi connectivity index (χ2n) is 12.6. The number of fused-ring (bicyclic) bond motifs is 3. The summed E-state index contributed by atoms with van der Waals surface area (Å²) in [5, 5.41) is 2.25. The second kappa shape index (κ2) is 12.8. The van der Waals surface area contributed by atoms with E-state index in [0.29, 0.717) is 0 Å². The normalized spacial score (nSPS) is 11.2. The molecule has 0 aliphatic carbocycles. The largest absolute Gasteiger partial charge is 0.456 e. The van der Waals surface area contributed by atoms with E-state index in [-0.39, 0.29) is 0 Å². The van der Waals surface area contributed by atoms with Crippen LogP contribution in [0, 0.1) is 0 Å². The summed E-state index contributed by atoms with van der Waals surface area (Å²) in [7, 11) is 0. The molecule has 0 fully saturated rings. The van der Waals surface area contributed by atoms with E-state index < -0.39 is 0 Å². The number of benzene rings is 8. The Kier molecular flexibility index (Phi) is 7.53. The Bertz CT molecular complexity index is 2410. The van der Waals surface area contributed by atoms with Crippen molar-refractivity contribution in [2.75, 3.05) is 4.90 Å². The van der Waals surface area contributed by atoms with Crippen molar-refractivity contribution >= 4 is 39.0 Å². The molecule has 8 aromatic carbocycles. The van der Waals surface area contributed by atoms with Crippen molar-refractivity contribution in [2.45, 2.75) is 0 Å². The standard InChI is InChI=1S/C48H33NO/c1-3-9-34(10-4-1)36-15-19-38(20-16-36)40-23-27-42(28-24-40)49(44-31-32-46-45-13-7-8-14-47(45)50-48(46)33-44)43-29-25-41(26-30-43)39-21-17-37(18-22-39)35-11-5-2-6-12-35/h1-33H. The number of rotatable bonds is 7. The van der Waals surface area contributed by atoms with Gasteiger partial charge in [-0.3, -0.25) is 0 Å². The van der Waals surface area contributed by atoms with Crippen LogP contribution in [0.5, 0.6) is 0 Å². The molecule has 0 spiro atoms. The monoisotopic (exact) mass is 639 g/mol. The number of hydrogen-bond acceptors (Lipinski definition) is 2. The summed E-state index contributed by atoms with van der Waals surface area (Å²) in [6.07, 6.45) is 0. The van der Waals surface area contributed by atoms with Crippen molar-refractivity contribution in [1.82, 2.24) is 0 Å². The maximum absolute atomic E-state index is 6.33. The van der Waals surface area contributed by atoms with Crippen LogP contribution >= 0.6 is 0 Å². The first-order valence-electron chi connectivity index (χ1n) is 17.0. The summed E-state index contributed by atoms with van der Waals surface area (Å²) >= 11 is 0. The first-order chi connectivity index (χ1) is 24.8. The molecule has 0 radical (unpaired) electrons. The summed E-state index contributed by atoms with van der Waals surface area (Å²) < 4.78 is 6.33. The summed E-state index contributed by atoms with van der Waals surface area (Å²) in [6, 6.07) is 71.1. The number of furan rings is 1. The lowest BCUT2D eigenvalue weighted by atomic mass is 9.99. The molecule has 0 saturated carbocycles. The fourth-order valence-electron chi connectivity index (χ4n) is 6.88. The molecule has 9 aromatic rings. The van der Waals surface area contributed by atoms with Gasteiger partial charge >= 0.3 is 0 Å². The first-order valence-corrected chi connectivity index (χ1v) is 17.0.